The summed E-state index contributed by atoms with van der Waals surface area (Å²) in [4.78, 5) is 14.1. The molecule has 20 heavy (non-hydrogen) atoms. The summed E-state index contributed by atoms with van der Waals surface area (Å²) in [5.41, 5.74) is 5.89. The van der Waals surface area contributed by atoms with E-state index in [0.29, 0.717) is 11.5 Å². The Morgan fingerprint density at radius 2 is 2.30 bits per heavy atom. The number of carbonyl (C=O) groups excluding carboxylic acids is 1. The Morgan fingerprint density at radius 1 is 1.60 bits per heavy atom. The van der Waals surface area contributed by atoms with Gasteiger partial charge < -0.3 is 15.8 Å². The summed E-state index contributed by atoms with van der Waals surface area (Å²) in [6, 6.07) is 0.0301. The number of rotatable bonds is 2. The van der Waals surface area contributed by atoms with Crippen LogP contribution in [0.1, 0.15) is 27.2 Å². The molecule has 0 spiro atoms. The zero-order valence-corrected chi connectivity index (χ0v) is 12.5. The first-order valence-electron chi connectivity index (χ1n) is 6.80. The SMILES string of the molecule is Cn1ncc(N)c1N(C(=O)OC(C)(C)C)[C@H]1CCNC1. The van der Waals surface area contributed by atoms with E-state index in [0.717, 1.165) is 19.5 Å². The molecule has 1 fully saturated rings. The predicted octanol–water partition coefficient (Wildman–Crippen LogP) is 1.11. The number of ether oxygens (including phenoxy) is 1. The van der Waals surface area contributed by atoms with Gasteiger partial charge in [0.2, 0.25) is 0 Å². The molecule has 1 saturated heterocycles. The Balaban J connectivity index is 2.32. The quantitative estimate of drug-likeness (QED) is 0.848. The zero-order chi connectivity index (χ0) is 14.9. The highest BCUT2D eigenvalue weighted by Gasteiger charge is 2.34. The van der Waals surface area contributed by atoms with Crippen LogP contribution in [-0.4, -0.2) is 40.6 Å². The third kappa shape index (κ3) is 3.04. The van der Waals surface area contributed by atoms with E-state index in [1.165, 1.54) is 0 Å². The first kappa shape index (κ1) is 14.6. The number of aromatic nitrogens is 2. The summed E-state index contributed by atoms with van der Waals surface area (Å²) in [7, 11) is 1.77. The number of carbonyl (C=O) groups is 1. The third-order valence-corrected chi connectivity index (χ3v) is 3.15. The van der Waals surface area contributed by atoms with Crippen LogP contribution in [0.3, 0.4) is 0 Å². The second kappa shape index (κ2) is 5.32. The van der Waals surface area contributed by atoms with Gasteiger partial charge in [0.1, 0.15) is 5.60 Å². The van der Waals surface area contributed by atoms with Gasteiger partial charge in [0.15, 0.2) is 5.82 Å². The fourth-order valence-corrected chi connectivity index (χ4v) is 2.32. The van der Waals surface area contributed by atoms with E-state index >= 15 is 0 Å². The van der Waals surface area contributed by atoms with Gasteiger partial charge in [-0.25, -0.2) is 4.79 Å². The first-order valence-corrected chi connectivity index (χ1v) is 6.80. The highest BCUT2D eigenvalue weighted by molar-refractivity contribution is 5.91. The minimum absolute atomic E-state index is 0.0301. The molecule has 0 aliphatic carbocycles. The molecule has 0 bridgehead atoms. The Morgan fingerprint density at radius 3 is 2.75 bits per heavy atom. The Hall–Kier alpha value is -1.76. The van der Waals surface area contributed by atoms with E-state index in [4.69, 9.17) is 10.5 Å². The number of hydrogen-bond acceptors (Lipinski definition) is 5. The van der Waals surface area contributed by atoms with Crippen molar-refractivity contribution in [3.63, 3.8) is 0 Å². The summed E-state index contributed by atoms with van der Waals surface area (Å²) in [5, 5.41) is 7.36. The largest absolute Gasteiger partial charge is 0.443 e. The van der Waals surface area contributed by atoms with E-state index < -0.39 is 5.60 Å². The molecule has 7 nitrogen and oxygen atoms in total. The molecule has 2 heterocycles. The molecule has 1 aromatic heterocycles. The number of nitrogens with one attached hydrogen (secondary N) is 1. The molecule has 0 radical (unpaired) electrons. The van der Waals surface area contributed by atoms with Gasteiger partial charge in [-0.15, -0.1) is 0 Å². The highest BCUT2D eigenvalue weighted by Crippen LogP contribution is 2.27. The van der Waals surface area contributed by atoms with Gasteiger partial charge in [-0.3, -0.25) is 9.58 Å². The second-order valence-corrected chi connectivity index (χ2v) is 6.04. The average molecular weight is 281 g/mol. The van der Waals surface area contributed by atoms with Crippen molar-refractivity contribution < 1.29 is 9.53 Å². The highest BCUT2D eigenvalue weighted by atomic mass is 16.6. The minimum atomic E-state index is -0.547. The van der Waals surface area contributed by atoms with Crippen molar-refractivity contribution in [1.82, 2.24) is 15.1 Å². The molecule has 3 N–H and O–H groups in total. The van der Waals surface area contributed by atoms with Gasteiger partial charge in [0.25, 0.3) is 0 Å². The van der Waals surface area contributed by atoms with E-state index in [1.807, 2.05) is 20.8 Å². The molecule has 7 heteroatoms. The van der Waals surface area contributed by atoms with Gasteiger partial charge in [-0.2, -0.15) is 5.10 Å². The molecule has 2 rings (SSSR count). The zero-order valence-electron chi connectivity index (χ0n) is 12.5. The van der Waals surface area contributed by atoms with Crippen molar-refractivity contribution in [3.05, 3.63) is 6.20 Å². The lowest BCUT2D eigenvalue weighted by atomic mass is 10.2. The number of amides is 1. The predicted molar refractivity (Wildman–Crippen MR) is 77.6 cm³/mol. The summed E-state index contributed by atoms with van der Waals surface area (Å²) < 4.78 is 7.12. The monoisotopic (exact) mass is 281 g/mol. The molecule has 1 atom stereocenters. The molecule has 0 saturated carbocycles. The lowest BCUT2D eigenvalue weighted by Gasteiger charge is -2.31. The molecule has 1 aliphatic rings. The molecular weight excluding hydrogens is 258 g/mol. The van der Waals surface area contributed by atoms with Crippen LogP contribution >= 0.6 is 0 Å². The van der Waals surface area contributed by atoms with Crippen LogP contribution in [0.5, 0.6) is 0 Å². The topological polar surface area (TPSA) is 85.4 Å². The van der Waals surface area contributed by atoms with Crippen LogP contribution in [0.25, 0.3) is 0 Å². The minimum Gasteiger partial charge on any atom is -0.443 e. The maximum atomic E-state index is 12.5. The van der Waals surface area contributed by atoms with Crippen molar-refractivity contribution in [3.8, 4) is 0 Å². The molecule has 1 aromatic rings. The standard InChI is InChI=1S/C13H23N5O2/c1-13(2,3)20-12(19)18(9-5-6-15-7-9)11-10(14)8-16-17(11)4/h8-9,15H,5-7,14H2,1-4H3/t9-/m0/s1. The van der Waals surface area contributed by atoms with Crippen LogP contribution in [0.4, 0.5) is 16.3 Å². The van der Waals surface area contributed by atoms with E-state index in [9.17, 15) is 4.79 Å². The molecule has 112 valence electrons. The maximum absolute atomic E-state index is 12.5. The molecule has 1 aliphatic heterocycles. The number of nitrogens with zero attached hydrogens (tertiary/aromatic N) is 3. The summed E-state index contributed by atoms with van der Waals surface area (Å²) in [5.74, 6) is 0.591. The van der Waals surface area contributed by atoms with Crippen LogP contribution in [0, 0.1) is 0 Å². The Labute approximate surface area is 119 Å². The van der Waals surface area contributed by atoms with Gasteiger partial charge in [0.05, 0.1) is 17.9 Å². The maximum Gasteiger partial charge on any atom is 0.416 e. The number of anilines is 2. The van der Waals surface area contributed by atoms with Crippen molar-refractivity contribution in [2.24, 2.45) is 7.05 Å². The van der Waals surface area contributed by atoms with Crippen molar-refractivity contribution in [2.75, 3.05) is 23.7 Å². The van der Waals surface area contributed by atoms with Crippen molar-refractivity contribution >= 4 is 17.6 Å². The Kier molecular flexibility index (Phi) is 3.89. The summed E-state index contributed by atoms with van der Waals surface area (Å²) in [6.07, 6.45) is 2.03. The van der Waals surface area contributed by atoms with Crippen LogP contribution < -0.4 is 16.0 Å². The fourth-order valence-electron chi connectivity index (χ4n) is 2.32. The summed E-state index contributed by atoms with van der Waals surface area (Å²) in [6.45, 7) is 7.15. The van der Waals surface area contributed by atoms with Gasteiger partial charge >= 0.3 is 6.09 Å². The lowest BCUT2D eigenvalue weighted by molar-refractivity contribution is 0.0565. The number of hydrogen-bond donors (Lipinski definition) is 2. The van der Waals surface area contributed by atoms with E-state index in [2.05, 4.69) is 10.4 Å². The van der Waals surface area contributed by atoms with Crippen LogP contribution in [0.2, 0.25) is 0 Å². The van der Waals surface area contributed by atoms with Crippen LogP contribution in [0.15, 0.2) is 6.20 Å². The van der Waals surface area contributed by atoms with Crippen LogP contribution in [-0.2, 0) is 11.8 Å². The second-order valence-electron chi connectivity index (χ2n) is 6.04. The van der Waals surface area contributed by atoms with Gasteiger partial charge in [-0.1, -0.05) is 0 Å². The molecule has 1 amide bonds. The smallest absolute Gasteiger partial charge is 0.416 e. The normalized spacial score (nSPS) is 19.1. The summed E-state index contributed by atoms with van der Waals surface area (Å²) >= 11 is 0. The average Bonchev–Trinajstić information content (AvgIpc) is 2.92. The fraction of sp³-hybridized carbons (Fsp3) is 0.692. The van der Waals surface area contributed by atoms with Gasteiger partial charge in [-0.05, 0) is 33.7 Å². The van der Waals surface area contributed by atoms with E-state index in [1.54, 1.807) is 22.8 Å². The molecule has 0 unspecified atom stereocenters. The van der Waals surface area contributed by atoms with Crippen molar-refractivity contribution in [2.45, 2.75) is 38.8 Å². The molecular formula is C13H23N5O2. The molecule has 0 aromatic carbocycles. The number of nitrogens with two attached hydrogens (primary N) is 1. The Bertz CT molecular complexity index is 466. The van der Waals surface area contributed by atoms with E-state index in [-0.39, 0.29) is 12.1 Å². The number of aryl methyl sites for hydroxylation is 1. The van der Waals surface area contributed by atoms with Crippen molar-refractivity contribution in [1.29, 1.82) is 0 Å². The third-order valence-electron chi connectivity index (χ3n) is 3.15. The lowest BCUT2D eigenvalue weighted by Crippen LogP contribution is -2.45. The first-order chi connectivity index (χ1) is 9.29. The number of nitrogen functional groups attached to an aromatic ring is 1. The van der Waals surface area contributed by atoms with Gasteiger partial charge in [0, 0.05) is 13.6 Å².